The van der Waals surface area contributed by atoms with Gasteiger partial charge in [-0.15, -0.1) is 0 Å². The third kappa shape index (κ3) is 787. The van der Waals surface area contributed by atoms with Crippen LogP contribution in [0.25, 0.3) is 0 Å². The normalized spacial score (nSPS) is 9.67. The molecule has 0 spiro atoms. The average Bonchev–Trinajstić information content (AvgIpc) is 1.12. The minimum Gasteiger partial charge on any atom is -0.759 e. The summed E-state index contributed by atoms with van der Waals surface area (Å²) in [6, 6.07) is 0. The van der Waals surface area contributed by atoms with Gasteiger partial charge in [0, 0.05) is 20.8 Å². The van der Waals surface area contributed by atoms with E-state index in [1.165, 1.54) is 0 Å². The van der Waals surface area contributed by atoms with Crippen molar-refractivity contribution in [2.24, 2.45) is 0 Å². The van der Waals surface area contributed by atoms with Gasteiger partial charge in [0.05, 0.1) is 0 Å². The molecule has 0 N–H and O–H groups in total. The molecule has 0 aliphatic carbocycles. The van der Waals surface area contributed by atoms with Gasteiger partial charge in [0.1, 0.15) is 0 Å². The van der Waals surface area contributed by atoms with Gasteiger partial charge in [-0.05, 0) is 0 Å². The molecule has 0 unspecified atom stereocenters. The molecule has 0 aliphatic rings. The zero-order valence-electron chi connectivity index (χ0n) is 5.53. The average molecular weight is 408 g/mol. The molecular formula is BiLiO8S2. The van der Waals surface area contributed by atoms with E-state index in [-0.39, 0.29) is 45.1 Å². The van der Waals surface area contributed by atoms with Crippen LogP contribution in [0.1, 0.15) is 0 Å². The molecule has 0 saturated carbocycles. The summed E-state index contributed by atoms with van der Waals surface area (Å²) in [5.74, 6) is 0. The second kappa shape index (κ2) is 8.80. The summed E-state index contributed by atoms with van der Waals surface area (Å²) < 4.78 is 68.2. The Hall–Kier alpha value is 1.22. The van der Waals surface area contributed by atoms with Gasteiger partial charge in [-0.1, -0.05) is 0 Å². The zero-order valence-corrected chi connectivity index (χ0v) is 10.6. The maximum absolute atomic E-state index is 8.52. The minimum absolute atomic E-state index is 0. The number of rotatable bonds is 0. The van der Waals surface area contributed by atoms with Crippen molar-refractivity contribution >= 4 is 47.0 Å². The fourth-order valence-electron chi connectivity index (χ4n) is 0. The first kappa shape index (κ1) is 23.2. The Morgan fingerprint density at radius 2 is 0.667 bits per heavy atom. The fourth-order valence-corrected chi connectivity index (χ4v) is 0. The van der Waals surface area contributed by atoms with E-state index in [0.29, 0.717) is 0 Å². The maximum atomic E-state index is 8.52. The van der Waals surface area contributed by atoms with Crippen LogP contribution in [0.15, 0.2) is 0 Å². The van der Waals surface area contributed by atoms with E-state index in [4.69, 9.17) is 35.0 Å². The van der Waals surface area contributed by atoms with E-state index >= 15 is 0 Å². The summed E-state index contributed by atoms with van der Waals surface area (Å²) >= 11 is 0. The van der Waals surface area contributed by atoms with Crippen LogP contribution in [-0.2, 0) is 20.8 Å². The Morgan fingerprint density at radius 1 is 0.667 bits per heavy atom. The third-order valence-corrected chi connectivity index (χ3v) is 0. The van der Waals surface area contributed by atoms with E-state index in [1.54, 1.807) is 0 Å². The monoisotopic (exact) mass is 408 g/mol. The SMILES string of the molecule is O=S(=O)([O-])[O-].O=S(=O)([O-])[O-].[Bi+3].[Li+]. The molecule has 2 radical (unpaired) electrons. The van der Waals surface area contributed by atoms with Crippen LogP contribution in [0.4, 0.5) is 0 Å². The van der Waals surface area contributed by atoms with E-state index in [0.717, 1.165) is 0 Å². The van der Waals surface area contributed by atoms with Crippen molar-refractivity contribution in [2.75, 3.05) is 0 Å². The minimum atomic E-state index is -5.17. The van der Waals surface area contributed by atoms with Crippen LogP contribution in [0.3, 0.4) is 0 Å². The van der Waals surface area contributed by atoms with Crippen LogP contribution in [-0.4, -0.2) is 61.3 Å². The molecule has 0 heterocycles. The summed E-state index contributed by atoms with van der Waals surface area (Å²) in [5.41, 5.74) is 0. The van der Waals surface area contributed by atoms with Crippen molar-refractivity contribution in [3.63, 3.8) is 0 Å². The first-order valence-corrected chi connectivity index (χ1v) is 4.00. The van der Waals surface area contributed by atoms with Gasteiger partial charge in [-0.3, -0.25) is 16.8 Å². The Bertz CT molecular complexity index is 213. The summed E-state index contributed by atoms with van der Waals surface area (Å²) in [6.07, 6.45) is 0. The Kier molecular flexibility index (Phi) is 17.0. The molecule has 0 amide bonds. The summed E-state index contributed by atoms with van der Waals surface area (Å²) in [6.45, 7) is 0. The first-order chi connectivity index (χ1) is 4.00. The second-order valence-electron chi connectivity index (χ2n) is 0.816. The third-order valence-electron chi connectivity index (χ3n) is 0. The molecule has 0 rings (SSSR count). The van der Waals surface area contributed by atoms with E-state index in [9.17, 15) is 0 Å². The van der Waals surface area contributed by atoms with Crippen molar-refractivity contribution in [2.45, 2.75) is 0 Å². The molecule has 0 aromatic heterocycles. The zero-order chi connectivity index (χ0) is 9.00. The number of hydrogen-bond donors (Lipinski definition) is 0. The second-order valence-corrected chi connectivity index (χ2v) is 2.45. The Balaban J connectivity index is -0.0000000457. The topological polar surface area (TPSA) is 161 Å². The van der Waals surface area contributed by atoms with Gasteiger partial charge in [0.2, 0.25) is 0 Å². The fraction of sp³-hybridized carbons (Fsp3) is 0. The molecular weight excluding hydrogens is 408 g/mol. The molecule has 8 nitrogen and oxygen atoms in total. The molecule has 0 bridgehead atoms. The smallest absolute Gasteiger partial charge is 0.759 e. The van der Waals surface area contributed by atoms with E-state index in [1.807, 2.05) is 0 Å². The Labute approximate surface area is 100 Å². The largest absolute Gasteiger partial charge is 3.00 e. The van der Waals surface area contributed by atoms with Gasteiger partial charge in [0.25, 0.3) is 0 Å². The van der Waals surface area contributed by atoms with Crippen LogP contribution in [0, 0.1) is 0 Å². The van der Waals surface area contributed by atoms with Crippen molar-refractivity contribution < 1.29 is 53.9 Å². The summed E-state index contributed by atoms with van der Waals surface area (Å²) in [5, 5.41) is 0. The quantitative estimate of drug-likeness (QED) is 0.217. The molecule has 0 aromatic rings. The molecule has 0 aromatic carbocycles. The van der Waals surface area contributed by atoms with Crippen molar-refractivity contribution in [1.82, 2.24) is 0 Å². The molecule has 66 valence electrons. The van der Waals surface area contributed by atoms with Gasteiger partial charge < -0.3 is 18.2 Å². The van der Waals surface area contributed by atoms with Crippen molar-refractivity contribution in [3.8, 4) is 0 Å². The van der Waals surface area contributed by atoms with Gasteiger partial charge >= 0.3 is 45.1 Å². The molecule has 0 fully saturated rings. The molecule has 12 heteroatoms. The van der Waals surface area contributed by atoms with Gasteiger partial charge in [0.15, 0.2) is 0 Å². The molecule has 0 saturated heterocycles. The maximum Gasteiger partial charge on any atom is 3.00 e. The molecule has 0 aliphatic heterocycles. The Morgan fingerprint density at radius 3 is 0.667 bits per heavy atom. The van der Waals surface area contributed by atoms with Gasteiger partial charge in [-0.25, -0.2) is 0 Å². The predicted octanol–water partition coefficient (Wildman–Crippen LogP) is -6.05. The predicted molar refractivity (Wildman–Crippen MR) is 26.7 cm³/mol. The van der Waals surface area contributed by atoms with Crippen LogP contribution < -0.4 is 18.9 Å². The van der Waals surface area contributed by atoms with E-state index in [2.05, 4.69) is 0 Å². The van der Waals surface area contributed by atoms with Crippen LogP contribution in [0.2, 0.25) is 0 Å². The van der Waals surface area contributed by atoms with Crippen molar-refractivity contribution in [3.05, 3.63) is 0 Å². The van der Waals surface area contributed by atoms with E-state index < -0.39 is 20.8 Å². The van der Waals surface area contributed by atoms with Crippen LogP contribution >= 0.6 is 0 Å². The standard InChI is InChI=1S/Bi.Li.2H2O4S/c;;2*1-5(2,3)4/h;;2*(H2,1,2,3,4)/q+3;+1;;/p-4. The first-order valence-electron chi connectivity index (χ1n) is 1.33. The van der Waals surface area contributed by atoms with Gasteiger partial charge in [-0.2, -0.15) is 0 Å². The summed E-state index contributed by atoms with van der Waals surface area (Å²) in [7, 11) is -10.3. The molecule has 0 atom stereocenters. The van der Waals surface area contributed by atoms with Crippen molar-refractivity contribution in [1.29, 1.82) is 0 Å². The van der Waals surface area contributed by atoms with Crippen LogP contribution in [0.5, 0.6) is 0 Å². The number of hydrogen-bond acceptors (Lipinski definition) is 8. The molecule has 12 heavy (non-hydrogen) atoms. The summed E-state index contributed by atoms with van der Waals surface area (Å²) in [4.78, 5) is 0.